The Kier molecular flexibility index (Phi) is 9.15. The number of hydrogen-bond donors (Lipinski definition) is 2. The molecule has 1 aromatic carbocycles. The lowest BCUT2D eigenvalue weighted by Crippen LogP contribution is -2.21. The summed E-state index contributed by atoms with van der Waals surface area (Å²) in [4.78, 5) is 22.8. The standard InChI is InChI=1S/C18H26N2O3S/c1-4-16(21)6-5-11-23-17-9-7-15(8-10-17)14(3)19-20-18(22)12-13(2)24/h7-10,13,24H,4-6,11-12H2,1-3H3,(H,20,22)/b19-14-. The molecule has 1 unspecified atom stereocenters. The normalized spacial score (nSPS) is 12.6. The summed E-state index contributed by atoms with van der Waals surface area (Å²) in [5.74, 6) is 0.858. The van der Waals surface area contributed by atoms with Crippen LogP contribution in [0.3, 0.4) is 0 Å². The zero-order valence-corrected chi connectivity index (χ0v) is 15.4. The van der Waals surface area contributed by atoms with E-state index in [0.717, 1.165) is 23.4 Å². The number of hydrogen-bond acceptors (Lipinski definition) is 5. The molecule has 0 aliphatic rings. The van der Waals surface area contributed by atoms with Crippen molar-refractivity contribution in [3.05, 3.63) is 29.8 Å². The second kappa shape index (κ2) is 10.9. The number of nitrogens with one attached hydrogen (secondary N) is 1. The number of Topliss-reactive ketones (excluding diaryl/α,β-unsaturated/α-hetero) is 1. The number of rotatable bonds is 10. The van der Waals surface area contributed by atoms with Crippen LogP contribution >= 0.6 is 12.6 Å². The van der Waals surface area contributed by atoms with E-state index in [-0.39, 0.29) is 16.9 Å². The molecule has 1 atom stereocenters. The fourth-order valence-corrected chi connectivity index (χ4v) is 2.12. The van der Waals surface area contributed by atoms with Gasteiger partial charge in [-0.15, -0.1) is 0 Å². The molecule has 0 saturated carbocycles. The lowest BCUT2D eigenvalue weighted by Gasteiger charge is -2.07. The van der Waals surface area contributed by atoms with Crippen molar-refractivity contribution in [2.75, 3.05) is 6.61 Å². The molecule has 6 heteroatoms. The maximum atomic E-state index is 11.5. The van der Waals surface area contributed by atoms with Crippen LogP contribution in [-0.4, -0.2) is 29.3 Å². The molecule has 0 aromatic heterocycles. The van der Waals surface area contributed by atoms with Crippen LogP contribution in [0.2, 0.25) is 0 Å². The van der Waals surface area contributed by atoms with Crippen LogP contribution in [0.25, 0.3) is 0 Å². The number of carbonyl (C=O) groups excluding carboxylic acids is 2. The summed E-state index contributed by atoms with van der Waals surface area (Å²) in [5.41, 5.74) is 4.14. The Hall–Kier alpha value is -1.82. The summed E-state index contributed by atoms with van der Waals surface area (Å²) in [6.07, 6.45) is 2.19. The van der Waals surface area contributed by atoms with Crippen LogP contribution in [0.4, 0.5) is 0 Å². The van der Waals surface area contributed by atoms with Crippen LogP contribution in [0.1, 0.15) is 52.0 Å². The van der Waals surface area contributed by atoms with Crippen molar-refractivity contribution in [3.63, 3.8) is 0 Å². The molecule has 0 saturated heterocycles. The number of carbonyl (C=O) groups is 2. The van der Waals surface area contributed by atoms with Crippen LogP contribution in [-0.2, 0) is 9.59 Å². The third-order valence-electron chi connectivity index (χ3n) is 3.36. The van der Waals surface area contributed by atoms with Crippen molar-refractivity contribution >= 4 is 30.0 Å². The van der Waals surface area contributed by atoms with Gasteiger partial charge in [0.25, 0.3) is 0 Å². The molecule has 0 fully saturated rings. The van der Waals surface area contributed by atoms with E-state index in [4.69, 9.17) is 4.74 Å². The molecule has 0 aliphatic carbocycles. The van der Waals surface area contributed by atoms with Crippen LogP contribution < -0.4 is 10.2 Å². The minimum absolute atomic E-state index is 0.00422. The van der Waals surface area contributed by atoms with Crippen molar-refractivity contribution in [1.29, 1.82) is 0 Å². The van der Waals surface area contributed by atoms with Gasteiger partial charge in [-0.2, -0.15) is 17.7 Å². The van der Waals surface area contributed by atoms with Gasteiger partial charge in [-0.25, -0.2) is 5.43 Å². The van der Waals surface area contributed by atoms with E-state index < -0.39 is 0 Å². The summed E-state index contributed by atoms with van der Waals surface area (Å²) >= 11 is 4.17. The first-order valence-corrected chi connectivity index (χ1v) is 8.70. The number of benzene rings is 1. The van der Waals surface area contributed by atoms with Gasteiger partial charge in [-0.05, 0) is 43.2 Å². The Morgan fingerprint density at radius 3 is 2.54 bits per heavy atom. The van der Waals surface area contributed by atoms with Crippen LogP contribution in [0, 0.1) is 0 Å². The zero-order valence-electron chi connectivity index (χ0n) is 14.5. The fraction of sp³-hybridized carbons (Fsp3) is 0.500. The second-order valence-electron chi connectivity index (χ2n) is 5.65. The number of hydrazone groups is 1. The lowest BCUT2D eigenvalue weighted by molar-refractivity contribution is -0.121. The molecule has 0 bridgehead atoms. The number of thiol groups is 1. The molecule has 0 spiro atoms. The Morgan fingerprint density at radius 2 is 1.96 bits per heavy atom. The maximum Gasteiger partial charge on any atom is 0.241 e. The molecule has 1 N–H and O–H groups in total. The molecule has 1 rings (SSSR count). The lowest BCUT2D eigenvalue weighted by atomic mass is 10.1. The van der Waals surface area contributed by atoms with Crippen molar-refractivity contribution in [1.82, 2.24) is 5.43 Å². The Balaban J connectivity index is 2.45. The molecule has 24 heavy (non-hydrogen) atoms. The quantitative estimate of drug-likeness (QED) is 0.294. The van der Waals surface area contributed by atoms with Crippen molar-refractivity contribution in [2.45, 2.75) is 51.7 Å². The van der Waals surface area contributed by atoms with Crippen molar-refractivity contribution < 1.29 is 14.3 Å². The van der Waals surface area contributed by atoms with Gasteiger partial charge in [0.2, 0.25) is 5.91 Å². The molecule has 5 nitrogen and oxygen atoms in total. The highest BCUT2D eigenvalue weighted by Gasteiger charge is 2.05. The molecular formula is C18H26N2O3S. The summed E-state index contributed by atoms with van der Waals surface area (Å²) in [6.45, 7) is 6.08. The molecule has 1 aromatic rings. The van der Waals surface area contributed by atoms with Crippen molar-refractivity contribution in [2.24, 2.45) is 5.10 Å². The number of amides is 1. The molecule has 1 amide bonds. The molecule has 0 aliphatic heterocycles. The van der Waals surface area contributed by atoms with E-state index >= 15 is 0 Å². The first-order valence-electron chi connectivity index (χ1n) is 8.18. The SMILES string of the molecule is CCC(=O)CCCOc1ccc(/C(C)=N\NC(=O)CC(C)S)cc1. The maximum absolute atomic E-state index is 11.5. The number of ketones is 1. The van der Waals surface area contributed by atoms with Crippen molar-refractivity contribution in [3.8, 4) is 5.75 Å². The average Bonchev–Trinajstić information content (AvgIpc) is 2.56. The minimum Gasteiger partial charge on any atom is -0.494 e. The summed E-state index contributed by atoms with van der Waals surface area (Å²) in [7, 11) is 0. The van der Waals surface area contributed by atoms with Gasteiger partial charge < -0.3 is 4.74 Å². The highest BCUT2D eigenvalue weighted by Crippen LogP contribution is 2.13. The van der Waals surface area contributed by atoms with E-state index in [1.165, 1.54) is 0 Å². The van der Waals surface area contributed by atoms with Gasteiger partial charge in [0.1, 0.15) is 11.5 Å². The van der Waals surface area contributed by atoms with Gasteiger partial charge in [-0.1, -0.05) is 13.8 Å². The highest BCUT2D eigenvalue weighted by molar-refractivity contribution is 7.80. The zero-order chi connectivity index (χ0) is 17.9. The van der Waals surface area contributed by atoms with E-state index in [0.29, 0.717) is 25.9 Å². The summed E-state index contributed by atoms with van der Waals surface area (Å²) in [5, 5.41) is 4.09. The Morgan fingerprint density at radius 1 is 1.29 bits per heavy atom. The van der Waals surface area contributed by atoms with Gasteiger partial charge in [0, 0.05) is 24.5 Å². The smallest absolute Gasteiger partial charge is 0.241 e. The minimum atomic E-state index is -0.154. The molecule has 0 radical (unpaired) electrons. The number of nitrogens with zero attached hydrogens (tertiary/aromatic N) is 1. The van der Waals surface area contributed by atoms with Crippen LogP contribution in [0.15, 0.2) is 29.4 Å². The monoisotopic (exact) mass is 350 g/mol. The highest BCUT2D eigenvalue weighted by atomic mass is 32.1. The molecule has 132 valence electrons. The summed E-state index contributed by atoms with van der Waals surface area (Å²) < 4.78 is 5.61. The van der Waals surface area contributed by atoms with E-state index in [2.05, 4.69) is 23.2 Å². The second-order valence-corrected chi connectivity index (χ2v) is 6.54. The largest absolute Gasteiger partial charge is 0.494 e. The first kappa shape index (κ1) is 20.2. The Bertz CT molecular complexity index is 568. The number of ether oxygens (including phenoxy) is 1. The van der Waals surface area contributed by atoms with Gasteiger partial charge in [-0.3, -0.25) is 9.59 Å². The first-order chi connectivity index (χ1) is 11.4. The predicted octanol–water partition coefficient (Wildman–Crippen LogP) is 3.37. The van der Waals surface area contributed by atoms with E-state index in [9.17, 15) is 9.59 Å². The predicted molar refractivity (Wildman–Crippen MR) is 99.9 cm³/mol. The fourth-order valence-electron chi connectivity index (χ4n) is 1.95. The van der Waals surface area contributed by atoms with Gasteiger partial charge in [0.15, 0.2) is 0 Å². The topological polar surface area (TPSA) is 67.8 Å². The molecular weight excluding hydrogens is 324 g/mol. The summed E-state index contributed by atoms with van der Waals surface area (Å²) in [6, 6.07) is 7.48. The van der Waals surface area contributed by atoms with Gasteiger partial charge in [0.05, 0.1) is 12.3 Å². The van der Waals surface area contributed by atoms with E-state index in [1.807, 2.05) is 45.0 Å². The third-order valence-corrected chi connectivity index (χ3v) is 3.55. The Labute approximate surface area is 149 Å². The van der Waals surface area contributed by atoms with E-state index in [1.54, 1.807) is 0 Å². The molecule has 0 heterocycles. The third kappa shape index (κ3) is 8.15. The van der Waals surface area contributed by atoms with Gasteiger partial charge >= 0.3 is 0 Å². The average molecular weight is 350 g/mol. The van der Waals surface area contributed by atoms with Crippen LogP contribution in [0.5, 0.6) is 5.75 Å².